The average molecular weight is 486 g/mol. The van der Waals surface area contributed by atoms with Crippen LogP contribution in [0.3, 0.4) is 0 Å². The van der Waals surface area contributed by atoms with Crippen molar-refractivity contribution in [2.45, 2.75) is 19.0 Å². The Kier molecular flexibility index (Phi) is 6.25. The van der Waals surface area contributed by atoms with Crippen LogP contribution in [0.4, 0.5) is 9.18 Å². The van der Waals surface area contributed by atoms with Crippen molar-refractivity contribution < 1.29 is 28.6 Å². The maximum Gasteiger partial charge on any atom is 0.407 e. The molecule has 0 bridgehead atoms. The predicted octanol–water partition coefficient (Wildman–Crippen LogP) is 4.89. The summed E-state index contributed by atoms with van der Waals surface area (Å²) in [5.41, 5.74) is 2.32. The first-order valence-corrected chi connectivity index (χ1v) is 11.6. The fraction of sp³-hybridized carbons (Fsp3) is 0.179. The number of rotatable bonds is 5. The number of esters is 1. The molecule has 0 saturated carbocycles. The molecule has 2 aliphatic rings. The number of ether oxygens (including phenoxy) is 1. The Hall–Kier alpha value is -4.46. The third-order valence-electron chi connectivity index (χ3n) is 6.47. The van der Waals surface area contributed by atoms with Gasteiger partial charge in [0.15, 0.2) is 0 Å². The smallest absolute Gasteiger partial charge is 0.407 e. The van der Waals surface area contributed by atoms with E-state index in [0.29, 0.717) is 35.4 Å². The van der Waals surface area contributed by atoms with Crippen LogP contribution in [0.25, 0.3) is 11.8 Å². The van der Waals surface area contributed by atoms with Crippen LogP contribution in [-0.4, -0.2) is 52.0 Å². The molecule has 3 aromatic rings. The lowest BCUT2D eigenvalue weighted by Gasteiger charge is -2.26. The fourth-order valence-corrected chi connectivity index (χ4v) is 4.63. The van der Waals surface area contributed by atoms with Gasteiger partial charge in [0.1, 0.15) is 11.6 Å². The number of halogens is 1. The fourth-order valence-electron chi connectivity index (χ4n) is 4.63. The molecule has 0 radical (unpaired) electrons. The first-order chi connectivity index (χ1) is 17.4. The van der Waals surface area contributed by atoms with Crippen LogP contribution in [0.1, 0.15) is 43.8 Å². The van der Waals surface area contributed by atoms with E-state index in [-0.39, 0.29) is 18.7 Å². The molecule has 0 aromatic heterocycles. The molecule has 2 aliphatic heterocycles. The van der Waals surface area contributed by atoms with Gasteiger partial charge in [-0.1, -0.05) is 54.6 Å². The maximum atomic E-state index is 14.7. The lowest BCUT2D eigenvalue weighted by atomic mass is 10.0. The van der Waals surface area contributed by atoms with E-state index in [0.717, 1.165) is 5.56 Å². The highest BCUT2D eigenvalue weighted by Gasteiger charge is 2.34. The molecule has 7 nitrogen and oxygen atoms in total. The van der Waals surface area contributed by atoms with Crippen molar-refractivity contribution >= 4 is 29.8 Å². The SMILES string of the molecule is O=C1OC(=Cc2ccc(F)c(C(=O)N3CCC(N(Cc4ccccc4)C(=O)O)C3)c2)c2ccccc21. The zero-order valence-electron chi connectivity index (χ0n) is 19.3. The molecular weight excluding hydrogens is 463 g/mol. The molecule has 3 aromatic carbocycles. The Morgan fingerprint density at radius 1 is 1.06 bits per heavy atom. The Morgan fingerprint density at radius 3 is 2.53 bits per heavy atom. The van der Waals surface area contributed by atoms with Gasteiger partial charge < -0.3 is 14.7 Å². The van der Waals surface area contributed by atoms with Crippen LogP contribution in [0.15, 0.2) is 72.8 Å². The molecule has 182 valence electrons. The van der Waals surface area contributed by atoms with Crippen molar-refractivity contribution in [2.24, 2.45) is 0 Å². The van der Waals surface area contributed by atoms with Gasteiger partial charge >= 0.3 is 12.1 Å². The van der Waals surface area contributed by atoms with E-state index < -0.39 is 29.8 Å². The van der Waals surface area contributed by atoms with Crippen LogP contribution in [0.5, 0.6) is 0 Å². The topological polar surface area (TPSA) is 87.2 Å². The molecule has 8 heteroatoms. The van der Waals surface area contributed by atoms with E-state index in [1.807, 2.05) is 30.3 Å². The molecule has 1 unspecified atom stereocenters. The summed E-state index contributed by atoms with van der Waals surface area (Å²) in [4.78, 5) is 40.0. The van der Waals surface area contributed by atoms with Gasteiger partial charge in [-0.2, -0.15) is 0 Å². The molecule has 2 amide bonds. The summed E-state index contributed by atoms with van der Waals surface area (Å²) in [5.74, 6) is -1.31. The molecule has 1 atom stereocenters. The third-order valence-corrected chi connectivity index (χ3v) is 6.47. The minimum absolute atomic E-state index is 0.118. The number of likely N-dealkylation sites (tertiary alicyclic amines) is 1. The number of carbonyl (C=O) groups excluding carboxylic acids is 2. The average Bonchev–Trinajstić information content (AvgIpc) is 3.49. The molecule has 2 heterocycles. The van der Waals surface area contributed by atoms with Crippen LogP contribution < -0.4 is 0 Å². The first-order valence-electron chi connectivity index (χ1n) is 11.6. The van der Waals surface area contributed by atoms with Crippen molar-refractivity contribution in [3.63, 3.8) is 0 Å². The van der Waals surface area contributed by atoms with Crippen molar-refractivity contribution in [3.8, 4) is 0 Å². The van der Waals surface area contributed by atoms with E-state index in [1.165, 1.54) is 28.0 Å². The second-order valence-corrected chi connectivity index (χ2v) is 8.77. The van der Waals surface area contributed by atoms with Gasteiger partial charge in [-0.25, -0.2) is 14.0 Å². The molecule has 0 aliphatic carbocycles. The number of carbonyl (C=O) groups is 3. The Morgan fingerprint density at radius 2 is 1.78 bits per heavy atom. The van der Waals surface area contributed by atoms with E-state index in [1.54, 1.807) is 30.3 Å². The van der Waals surface area contributed by atoms with Crippen molar-refractivity contribution in [2.75, 3.05) is 13.1 Å². The van der Waals surface area contributed by atoms with Crippen LogP contribution >= 0.6 is 0 Å². The first kappa shape index (κ1) is 23.3. The molecule has 1 fully saturated rings. The van der Waals surface area contributed by atoms with Gasteiger partial charge in [0.05, 0.1) is 17.2 Å². The van der Waals surface area contributed by atoms with Gasteiger partial charge in [0.25, 0.3) is 5.91 Å². The van der Waals surface area contributed by atoms with Crippen molar-refractivity contribution in [3.05, 3.63) is 106 Å². The number of nitrogens with zero attached hydrogens (tertiary/aromatic N) is 2. The summed E-state index contributed by atoms with van der Waals surface area (Å²) >= 11 is 0. The maximum absolute atomic E-state index is 14.7. The summed E-state index contributed by atoms with van der Waals surface area (Å²) in [7, 11) is 0. The zero-order valence-corrected chi connectivity index (χ0v) is 19.3. The summed E-state index contributed by atoms with van der Waals surface area (Å²) < 4.78 is 20.1. The number of hydrogen-bond acceptors (Lipinski definition) is 4. The number of hydrogen-bond donors (Lipinski definition) is 1. The van der Waals surface area contributed by atoms with Gasteiger partial charge in [0.2, 0.25) is 0 Å². The summed E-state index contributed by atoms with van der Waals surface area (Å²) in [5, 5.41) is 9.76. The monoisotopic (exact) mass is 486 g/mol. The summed E-state index contributed by atoms with van der Waals surface area (Å²) in [6.07, 6.45) is 0.992. The Bertz CT molecular complexity index is 1370. The van der Waals surface area contributed by atoms with E-state index in [2.05, 4.69) is 0 Å². The Balaban J connectivity index is 1.34. The van der Waals surface area contributed by atoms with Gasteiger partial charge in [0, 0.05) is 25.2 Å². The summed E-state index contributed by atoms with van der Waals surface area (Å²) in [6, 6.07) is 19.9. The molecule has 0 spiro atoms. The van der Waals surface area contributed by atoms with Crippen molar-refractivity contribution in [1.82, 2.24) is 9.80 Å². The van der Waals surface area contributed by atoms with Crippen LogP contribution in [0, 0.1) is 5.82 Å². The van der Waals surface area contributed by atoms with Crippen LogP contribution in [-0.2, 0) is 11.3 Å². The molecule has 1 saturated heterocycles. The quantitative estimate of drug-likeness (QED) is 0.519. The largest absolute Gasteiger partial charge is 0.465 e. The lowest BCUT2D eigenvalue weighted by molar-refractivity contribution is 0.0715. The number of carboxylic acid groups (broad SMARTS) is 1. The van der Waals surface area contributed by atoms with E-state index in [4.69, 9.17) is 4.74 Å². The highest BCUT2D eigenvalue weighted by molar-refractivity contribution is 6.05. The van der Waals surface area contributed by atoms with Gasteiger partial charge in [-0.3, -0.25) is 9.69 Å². The molecular formula is C28H23FN2O5. The second-order valence-electron chi connectivity index (χ2n) is 8.77. The number of fused-ring (bicyclic) bond motifs is 1. The minimum atomic E-state index is -1.07. The molecule has 5 rings (SSSR count). The van der Waals surface area contributed by atoms with Gasteiger partial charge in [-0.05, 0) is 41.8 Å². The van der Waals surface area contributed by atoms with Crippen molar-refractivity contribution in [1.29, 1.82) is 0 Å². The number of cyclic esters (lactones) is 1. The van der Waals surface area contributed by atoms with E-state index >= 15 is 0 Å². The normalized spacial score (nSPS) is 17.7. The number of amides is 2. The predicted molar refractivity (Wildman–Crippen MR) is 130 cm³/mol. The van der Waals surface area contributed by atoms with Crippen LogP contribution in [0.2, 0.25) is 0 Å². The zero-order chi connectivity index (χ0) is 25.2. The standard InChI is InChI=1S/C28H23FN2O5/c29-24-11-10-19(15-25-21-8-4-5-9-22(21)27(33)36-25)14-23(24)26(32)30-13-12-20(17-30)31(28(34)35)16-18-6-2-1-3-7-18/h1-11,14-15,20H,12-13,16-17H2,(H,34,35). The highest BCUT2D eigenvalue weighted by atomic mass is 19.1. The van der Waals surface area contributed by atoms with E-state index in [9.17, 15) is 23.9 Å². The highest BCUT2D eigenvalue weighted by Crippen LogP contribution is 2.31. The second kappa shape index (κ2) is 9.65. The molecule has 1 N–H and O–H groups in total. The van der Waals surface area contributed by atoms with Gasteiger partial charge in [-0.15, -0.1) is 0 Å². The third kappa shape index (κ3) is 4.57. The molecule has 36 heavy (non-hydrogen) atoms. The lowest BCUT2D eigenvalue weighted by Crippen LogP contribution is -2.41. The minimum Gasteiger partial charge on any atom is -0.465 e. The number of benzene rings is 3. The Labute approximate surface area is 207 Å². The summed E-state index contributed by atoms with van der Waals surface area (Å²) in [6.45, 7) is 0.700.